The predicted octanol–water partition coefficient (Wildman–Crippen LogP) is 21.0. The van der Waals surface area contributed by atoms with Crippen LogP contribution in [0.3, 0.4) is 0 Å². The molecular formula is C74H49F4N3. The van der Waals surface area contributed by atoms with Crippen LogP contribution in [0.15, 0.2) is 285 Å². The lowest BCUT2D eigenvalue weighted by atomic mass is 9.86. The van der Waals surface area contributed by atoms with Crippen molar-refractivity contribution in [3.8, 4) is 50.2 Å². The molecule has 1 aliphatic rings. The SMILES string of the molecule is Fc1ccc(N(C2=CCC(F)C=C2)c2ccc(-c3ccc4c(c3)c3cc(-c5ccc(N(c6ccc(F)cc6)c6ccc(F)cc6)cc5)ccc3n4-c3ccc(-c4c5ccccc5c(-c5ccccc5)c5ccccc45)cc3)cc2)cc1. The maximum atomic E-state index is 14.3. The van der Waals surface area contributed by atoms with Gasteiger partial charge in [-0.05, 0) is 212 Å². The van der Waals surface area contributed by atoms with Crippen molar-refractivity contribution < 1.29 is 17.6 Å². The van der Waals surface area contributed by atoms with Gasteiger partial charge >= 0.3 is 0 Å². The van der Waals surface area contributed by atoms with Gasteiger partial charge < -0.3 is 14.4 Å². The smallest absolute Gasteiger partial charge is 0.123 e. The van der Waals surface area contributed by atoms with Crippen molar-refractivity contribution in [2.24, 2.45) is 0 Å². The van der Waals surface area contributed by atoms with Crippen molar-refractivity contribution in [2.45, 2.75) is 12.6 Å². The first-order valence-electron chi connectivity index (χ1n) is 27.1. The number of hydrogen-bond donors (Lipinski definition) is 0. The van der Waals surface area contributed by atoms with Crippen LogP contribution >= 0.6 is 0 Å². The molecule has 1 unspecified atom stereocenters. The molecule has 388 valence electrons. The zero-order valence-corrected chi connectivity index (χ0v) is 43.7. The van der Waals surface area contributed by atoms with Gasteiger partial charge in [0, 0.05) is 57.0 Å². The molecule has 0 amide bonds. The normalized spacial score (nSPS) is 13.3. The Hall–Kier alpha value is -10.2. The van der Waals surface area contributed by atoms with Gasteiger partial charge in [0.25, 0.3) is 0 Å². The average Bonchev–Trinajstić information content (AvgIpc) is 4.13. The first-order valence-corrected chi connectivity index (χ1v) is 27.1. The van der Waals surface area contributed by atoms with Gasteiger partial charge in [-0.3, -0.25) is 0 Å². The Labute approximate surface area is 466 Å². The Bertz CT molecular complexity index is 4450. The van der Waals surface area contributed by atoms with Gasteiger partial charge in [-0.1, -0.05) is 133 Å². The molecule has 13 aromatic rings. The van der Waals surface area contributed by atoms with E-state index < -0.39 is 6.17 Å². The summed E-state index contributed by atoms with van der Waals surface area (Å²) >= 11 is 0. The van der Waals surface area contributed by atoms with Crippen LogP contribution in [0, 0.1) is 17.5 Å². The van der Waals surface area contributed by atoms with Crippen molar-refractivity contribution in [3.05, 3.63) is 302 Å². The first kappa shape index (κ1) is 49.1. The fourth-order valence-corrected chi connectivity index (χ4v) is 11.8. The van der Waals surface area contributed by atoms with Crippen LogP contribution in [-0.4, -0.2) is 10.7 Å². The minimum atomic E-state index is -1.05. The van der Waals surface area contributed by atoms with Gasteiger partial charge in [0.05, 0.1) is 11.0 Å². The molecular weight excluding hydrogens is 1010 g/mol. The lowest BCUT2D eigenvalue weighted by molar-refractivity contribution is 0.400. The molecule has 0 spiro atoms. The molecule has 12 aromatic carbocycles. The molecule has 81 heavy (non-hydrogen) atoms. The summed E-state index contributed by atoms with van der Waals surface area (Å²) < 4.78 is 59.2. The van der Waals surface area contributed by atoms with E-state index >= 15 is 0 Å². The fourth-order valence-electron chi connectivity index (χ4n) is 11.8. The van der Waals surface area contributed by atoms with Gasteiger partial charge in [-0.2, -0.15) is 0 Å². The monoisotopic (exact) mass is 1060 g/mol. The van der Waals surface area contributed by atoms with E-state index in [4.69, 9.17) is 0 Å². The van der Waals surface area contributed by atoms with Crippen LogP contribution in [0.1, 0.15) is 6.42 Å². The summed E-state index contributed by atoms with van der Waals surface area (Å²) in [5.41, 5.74) is 16.7. The van der Waals surface area contributed by atoms with Crippen molar-refractivity contribution in [3.63, 3.8) is 0 Å². The van der Waals surface area contributed by atoms with Crippen LogP contribution in [0.2, 0.25) is 0 Å². The highest BCUT2D eigenvalue weighted by atomic mass is 19.1. The maximum Gasteiger partial charge on any atom is 0.123 e. The summed E-state index contributed by atoms with van der Waals surface area (Å²) in [6.45, 7) is 0. The number of halogens is 4. The Morgan fingerprint density at radius 3 is 1.10 bits per heavy atom. The Kier molecular flexibility index (Phi) is 12.4. The molecule has 0 aliphatic heterocycles. The summed E-state index contributed by atoms with van der Waals surface area (Å²) in [5, 5.41) is 6.95. The van der Waals surface area contributed by atoms with E-state index in [1.54, 1.807) is 48.6 Å². The fraction of sp³-hybridized carbons (Fsp3) is 0.0270. The first-order chi connectivity index (χ1) is 39.8. The highest BCUT2D eigenvalue weighted by Crippen LogP contribution is 2.45. The zero-order valence-electron chi connectivity index (χ0n) is 43.7. The number of rotatable bonds is 11. The van der Waals surface area contributed by atoms with E-state index in [0.717, 1.165) is 89.4 Å². The number of nitrogens with zero attached hydrogens (tertiary/aromatic N) is 3. The van der Waals surface area contributed by atoms with Gasteiger partial charge in [-0.15, -0.1) is 0 Å². The molecule has 0 N–H and O–H groups in total. The average molecular weight is 1060 g/mol. The molecule has 14 rings (SSSR count). The lowest BCUT2D eigenvalue weighted by Gasteiger charge is -2.28. The molecule has 0 saturated heterocycles. The second-order valence-electron chi connectivity index (χ2n) is 20.5. The molecule has 7 heteroatoms. The Morgan fingerprint density at radius 1 is 0.333 bits per heavy atom. The molecule has 1 atom stereocenters. The molecule has 0 saturated carbocycles. The Morgan fingerprint density at radius 2 is 0.691 bits per heavy atom. The molecule has 0 radical (unpaired) electrons. The van der Waals surface area contributed by atoms with Crippen molar-refractivity contribution in [2.75, 3.05) is 9.80 Å². The predicted molar refractivity (Wildman–Crippen MR) is 327 cm³/mol. The number of benzene rings is 12. The third-order valence-electron chi connectivity index (χ3n) is 15.6. The molecule has 0 bridgehead atoms. The zero-order chi connectivity index (χ0) is 54.6. The second kappa shape index (κ2) is 20.5. The van der Waals surface area contributed by atoms with E-state index in [1.165, 1.54) is 74.6 Å². The second-order valence-corrected chi connectivity index (χ2v) is 20.5. The summed E-state index contributed by atoms with van der Waals surface area (Å²) in [4.78, 5) is 4.00. The summed E-state index contributed by atoms with van der Waals surface area (Å²) in [6, 6.07) is 85.9. The van der Waals surface area contributed by atoms with Crippen LogP contribution in [0.25, 0.3) is 93.5 Å². The quantitative estimate of drug-likeness (QED) is 0.0945. The number of fused-ring (bicyclic) bond motifs is 5. The van der Waals surface area contributed by atoms with E-state index in [-0.39, 0.29) is 23.9 Å². The third-order valence-corrected chi connectivity index (χ3v) is 15.6. The molecule has 3 nitrogen and oxygen atoms in total. The number of anilines is 5. The van der Waals surface area contributed by atoms with E-state index in [0.29, 0.717) is 0 Å². The number of hydrogen-bond acceptors (Lipinski definition) is 2. The van der Waals surface area contributed by atoms with Gasteiger partial charge in [-0.25, -0.2) is 17.6 Å². The topological polar surface area (TPSA) is 11.4 Å². The van der Waals surface area contributed by atoms with Crippen LogP contribution in [-0.2, 0) is 0 Å². The van der Waals surface area contributed by atoms with Gasteiger partial charge in [0.1, 0.15) is 23.6 Å². The van der Waals surface area contributed by atoms with Gasteiger partial charge in [0.15, 0.2) is 0 Å². The highest BCUT2D eigenvalue weighted by molar-refractivity contribution is 6.21. The maximum absolute atomic E-state index is 14.3. The van der Waals surface area contributed by atoms with Crippen LogP contribution in [0.5, 0.6) is 0 Å². The van der Waals surface area contributed by atoms with E-state index in [9.17, 15) is 17.6 Å². The van der Waals surface area contributed by atoms with Crippen molar-refractivity contribution in [1.82, 2.24) is 4.57 Å². The van der Waals surface area contributed by atoms with Gasteiger partial charge in [0.2, 0.25) is 0 Å². The molecule has 0 fully saturated rings. The lowest BCUT2D eigenvalue weighted by Crippen LogP contribution is -2.17. The standard InChI is InChI=1S/C74H49F4N3/c75-54-22-36-60(37-23-54)79(61-38-24-55(76)25-39-61)58-30-14-48(15-31-58)52-20-44-71-69(46-52)70-47-53(49-16-32-59(33-17-49)80(62-40-26-56(77)27-41-62)63-42-28-57(78)29-43-63)21-45-72(70)81(71)64-34-18-51(19-35-64)74-67-12-6-4-10-65(67)73(50-8-2-1-3-9-50)66-11-5-7-13-68(66)74/h1-28,30-47,57H,29H2. The summed E-state index contributed by atoms with van der Waals surface area (Å²) in [7, 11) is 0. The molecule has 1 heterocycles. The van der Waals surface area contributed by atoms with Crippen molar-refractivity contribution >= 4 is 71.8 Å². The van der Waals surface area contributed by atoms with E-state index in [2.05, 4.69) is 180 Å². The Balaban J connectivity index is 0.886. The third kappa shape index (κ3) is 9.09. The largest absolute Gasteiger partial charge is 0.311 e. The number of allylic oxidation sites excluding steroid dienone is 3. The number of alkyl halides is 1. The van der Waals surface area contributed by atoms with Crippen LogP contribution in [0.4, 0.5) is 46.0 Å². The molecule has 1 aliphatic carbocycles. The highest BCUT2D eigenvalue weighted by Gasteiger charge is 2.21. The van der Waals surface area contributed by atoms with Crippen LogP contribution < -0.4 is 9.80 Å². The van der Waals surface area contributed by atoms with Crippen molar-refractivity contribution in [1.29, 1.82) is 0 Å². The summed E-state index contributed by atoms with van der Waals surface area (Å²) in [5.74, 6) is -1.01. The van der Waals surface area contributed by atoms with E-state index in [1.807, 2.05) is 28.0 Å². The summed E-state index contributed by atoms with van der Waals surface area (Å²) in [6.07, 6.45) is 4.44. The minimum absolute atomic E-state index is 0.261. The minimum Gasteiger partial charge on any atom is -0.311 e. The molecule has 1 aromatic heterocycles. The number of aromatic nitrogens is 1.